The summed E-state index contributed by atoms with van der Waals surface area (Å²) in [6.07, 6.45) is 8.45. The van der Waals surface area contributed by atoms with Crippen molar-refractivity contribution in [1.29, 1.82) is 0 Å². The molecule has 0 unspecified atom stereocenters. The first-order chi connectivity index (χ1) is 12.2. The maximum Gasteiger partial charge on any atom is 0.341 e. The van der Waals surface area contributed by atoms with Crippen LogP contribution in [0.25, 0.3) is 0 Å². The molecular formula is C19H22FN3O2. The second kappa shape index (κ2) is 8.05. The van der Waals surface area contributed by atoms with E-state index < -0.39 is 5.97 Å². The van der Waals surface area contributed by atoms with E-state index in [2.05, 4.69) is 9.97 Å². The molecule has 1 aliphatic rings. The first kappa shape index (κ1) is 17.3. The topological polar surface area (TPSA) is 55.3 Å². The molecule has 3 rings (SSSR count). The summed E-state index contributed by atoms with van der Waals surface area (Å²) in [5, 5.41) is 0. The van der Waals surface area contributed by atoms with Gasteiger partial charge in [-0.15, -0.1) is 0 Å². The lowest BCUT2D eigenvalue weighted by Crippen LogP contribution is -2.34. The normalized spacial score (nSPS) is 15.0. The van der Waals surface area contributed by atoms with Gasteiger partial charge < -0.3 is 9.64 Å². The van der Waals surface area contributed by atoms with Crippen molar-refractivity contribution < 1.29 is 13.9 Å². The fourth-order valence-electron chi connectivity index (χ4n) is 3.22. The van der Waals surface area contributed by atoms with Gasteiger partial charge >= 0.3 is 5.97 Å². The zero-order valence-corrected chi connectivity index (χ0v) is 14.3. The zero-order chi connectivity index (χ0) is 17.6. The standard InChI is InChI=1S/C19H22FN3O2/c1-2-25-18(24)14-12-21-19(22-13-14)23(16-8-4-3-5-9-16)17-10-6-7-15(20)11-17/h6-7,10-13,16H,2-5,8-9H2,1H3. The number of rotatable bonds is 5. The van der Waals surface area contributed by atoms with E-state index in [1.54, 1.807) is 13.0 Å². The number of nitrogens with zero attached hydrogens (tertiary/aromatic N) is 3. The number of carbonyl (C=O) groups is 1. The predicted molar refractivity (Wildman–Crippen MR) is 93.4 cm³/mol. The van der Waals surface area contributed by atoms with Crippen molar-refractivity contribution in [3.05, 3.63) is 48.0 Å². The molecule has 0 saturated heterocycles. The molecule has 0 amide bonds. The molecule has 25 heavy (non-hydrogen) atoms. The van der Waals surface area contributed by atoms with Crippen molar-refractivity contribution in [2.24, 2.45) is 0 Å². The number of aromatic nitrogens is 2. The first-order valence-corrected chi connectivity index (χ1v) is 8.73. The number of ether oxygens (including phenoxy) is 1. The van der Waals surface area contributed by atoms with Gasteiger partial charge in [-0.3, -0.25) is 0 Å². The minimum absolute atomic E-state index is 0.226. The minimum atomic E-state index is -0.441. The van der Waals surface area contributed by atoms with E-state index >= 15 is 0 Å². The third-order valence-electron chi connectivity index (χ3n) is 4.39. The Morgan fingerprint density at radius 3 is 2.60 bits per heavy atom. The van der Waals surface area contributed by atoms with Gasteiger partial charge in [0, 0.05) is 24.1 Å². The second-order valence-corrected chi connectivity index (χ2v) is 6.13. The molecule has 0 atom stereocenters. The Labute approximate surface area is 146 Å². The van der Waals surface area contributed by atoms with E-state index in [4.69, 9.17) is 4.74 Å². The molecule has 1 heterocycles. The number of carbonyl (C=O) groups excluding carboxylic acids is 1. The third-order valence-corrected chi connectivity index (χ3v) is 4.39. The second-order valence-electron chi connectivity index (χ2n) is 6.13. The van der Waals surface area contributed by atoms with Crippen molar-refractivity contribution in [1.82, 2.24) is 9.97 Å². The van der Waals surface area contributed by atoms with Gasteiger partial charge in [-0.2, -0.15) is 0 Å². The maximum atomic E-state index is 13.7. The fraction of sp³-hybridized carbons (Fsp3) is 0.421. The first-order valence-electron chi connectivity index (χ1n) is 8.73. The van der Waals surface area contributed by atoms with Crippen LogP contribution >= 0.6 is 0 Å². The monoisotopic (exact) mass is 343 g/mol. The minimum Gasteiger partial charge on any atom is -0.462 e. The van der Waals surface area contributed by atoms with Crippen LogP contribution in [0, 0.1) is 5.82 Å². The smallest absolute Gasteiger partial charge is 0.341 e. The highest BCUT2D eigenvalue weighted by molar-refractivity contribution is 5.88. The number of halogens is 1. The molecule has 0 bridgehead atoms. The lowest BCUT2D eigenvalue weighted by Gasteiger charge is -2.34. The lowest BCUT2D eigenvalue weighted by molar-refractivity contribution is 0.0525. The van der Waals surface area contributed by atoms with E-state index in [0.29, 0.717) is 18.1 Å². The van der Waals surface area contributed by atoms with Crippen molar-refractivity contribution >= 4 is 17.6 Å². The largest absolute Gasteiger partial charge is 0.462 e. The van der Waals surface area contributed by atoms with E-state index in [0.717, 1.165) is 31.4 Å². The Balaban J connectivity index is 1.92. The molecule has 1 aliphatic carbocycles. The molecule has 0 spiro atoms. The van der Waals surface area contributed by atoms with E-state index in [1.807, 2.05) is 11.0 Å². The molecule has 1 saturated carbocycles. The summed E-state index contributed by atoms with van der Waals surface area (Å²) in [5.41, 5.74) is 1.05. The summed E-state index contributed by atoms with van der Waals surface area (Å²) in [7, 11) is 0. The van der Waals surface area contributed by atoms with Gasteiger partial charge in [0.05, 0.1) is 12.2 Å². The number of anilines is 2. The van der Waals surface area contributed by atoms with E-state index in [9.17, 15) is 9.18 Å². The van der Waals surface area contributed by atoms with Gasteiger partial charge in [0.1, 0.15) is 5.82 Å². The maximum absolute atomic E-state index is 13.7. The van der Waals surface area contributed by atoms with Gasteiger partial charge in [0.15, 0.2) is 0 Å². The number of benzene rings is 1. The quantitative estimate of drug-likeness (QED) is 0.759. The summed E-state index contributed by atoms with van der Waals surface area (Å²) in [4.78, 5) is 22.5. The Morgan fingerprint density at radius 2 is 1.96 bits per heavy atom. The lowest BCUT2D eigenvalue weighted by atomic mass is 9.94. The van der Waals surface area contributed by atoms with Crippen molar-refractivity contribution in [2.75, 3.05) is 11.5 Å². The molecule has 1 aromatic carbocycles. The summed E-state index contributed by atoms with van der Waals surface area (Å²) in [5.74, 6) is -0.254. The summed E-state index contributed by atoms with van der Waals surface area (Å²) in [6.45, 7) is 2.06. The third kappa shape index (κ3) is 4.13. The Morgan fingerprint density at radius 1 is 1.24 bits per heavy atom. The highest BCUT2D eigenvalue weighted by Crippen LogP contribution is 2.32. The van der Waals surface area contributed by atoms with Gasteiger partial charge in [-0.05, 0) is 38.0 Å². The number of esters is 1. The molecule has 0 radical (unpaired) electrons. The number of hydrogen-bond donors (Lipinski definition) is 0. The van der Waals surface area contributed by atoms with Crippen LogP contribution in [0.15, 0.2) is 36.7 Å². The van der Waals surface area contributed by atoms with Crippen LogP contribution in [0.1, 0.15) is 49.4 Å². The zero-order valence-electron chi connectivity index (χ0n) is 14.3. The molecule has 132 valence electrons. The van der Waals surface area contributed by atoms with Crippen molar-refractivity contribution in [3.8, 4) is 0 Å². The van der Waals surface area contributed by atoms with Gasteiger partial charge in [0.25, 0.3) is 0 Å². The fourth-order valence-corrected chi connectivity index (χ4v) is 3.22. The van der Waals surface area contributed by atoms with Crippen LogP contribution in [-0.4, -0.2) is 28.6 Å². The van der Waals surface area contributed by atoms with Crippen LogP contribution < -0.4 is 4.90 Å². The Bertz CT molecular complexity index is 715. The molecular weight excluding hydrogens is 321 g/mol. The van der Waals surface area contributed by atoms with Crippen molar-refractivity contribution in [2.45, 2.75) is 45.1 Å². The molecule has 2 aromatic rings. The van der Waals surface area contributed by atoms with Crippen LogP contribution in [0.2, 0.25) is 0 Å². The summed E-state index contributed by atoms with van der Waals surface area (Å²) in [6, 6.07) is 6.70. The van der Waals surface area contributed by atoms with Gasteiger partial charge in [-0.25, -0.2) is 19.2 Å². The highest BCUT2D eigenvalue weighted by atomic mass is 19.1. The Hall–Kier alpha value is -2.50. The van der Waals surface area contributed by atoms with Crippen LogP contribution in [-0.2, 0) is 4.74 Å². The molecule has 0 aliphatic heterocycles. The molecule has 1 aromatic heterocycles. The number of hydrogen-bond acceptors (Lipinski definition) is 5. The van der Waals surface area contributed by atoms with Crippen molar-refractivity contribution in [3.63, 3.8) is 0 Å². The predicted octanol–water partition coefficient (Wildman–Crippen LogP) is 4.26. The summed E-state index contributed by atoms with van der Waals surface area (Å²) < 4.78 is 18.7. The van der Waals surface area contributed by atoms with Gasteiger partial charge in [-0.1, -0.05) is 25.3 Å². The Kier molecular flexibility index (Phi) is 5.58. The van der Waals surface area contributed by atoms with Crippen LogP contribution in [0.3, 0.4) is 0 Å². The molecule has 5 nitrogen and oxygen atoms in total. The van der Waals surface area contributed by atoms with Gasteiger partial charge in [0.2, 0.25) is 5.95 Å². The average Bonchev–Trinajstić information content (AvgIpc) is 2.64. The molecule has 1 fully saturated rings. The average molecular weight is 343 g/mol. The molecule has 0 N–H and O–H groups in total. The summed E-state index contributed by atoms with van der Waals surface area (Å²) >= 11 is 0. The van der Waals surface area contributed by atoms with Crippen LogP contribution in [0.4, 0.5) is 16.0 Å². The SMILES string of the molecule is CCOC(=O)c1cnc(N(c2cccc(F)c2)C2CCCCC2)nc1. The van der Waals surface area contributed by atoms with E-state index in [1.165, 1.54) is 30.9 Å². The molecule has 6 heteroatoms. The van der Waals surface area contributed by atoms with E-state index in [-0.39, 0.29) is 11.9 Å². The van der Waals surface area contributed by atoms with Crippen LogP contribution in [0.5, 0.6) is 0 Å². The highest BCUT2D eigenvalue weighted by Gasteiger charge is 2.25.